The Hall–Kier alpha value is -1.83. The summed E-state index contributed by atoms with van der Waals surface area (Å²) in [7, 11) is 1.35. The lowest BCUT2D eigenvalue weighted by molar-refractivity contribution is -0.145. The molecule has 0 N–H and O–H groups in total. The minimum absolute atomic E-state index is 0.0141. The Bertz CT molecular complexity index is 578. The van der Waals surface area contributed by atoms with Gasteiger partial charge in [0.25, 0.3) is 0 Å². The van der Waals surface area contributed by atoms with E-state index in [1.54, 1.807) is 11.0 Å². The van der Waals surface area contributed by atoms with E-state index in [1.807, 2.05) is 0 Å². The highest BCUT2D eigenvalue weighted by atomic mass is 19.4. The number of nitrogens with zero attached hydrogens (tertiary/aromatic N) is 2. The molecule has 2 rings (SSSR count). The minimum Gasteiger partial charge on any atom is -0.494 e. The molecule has 1 saturated heterocycles. The lowest BCUT2D eigenvalue weighted by Gasteiger charge is -2.23. The van der Waals surface area contributed by atoms with E-state index in [-0.39, 0.29) is 31.2 Å². The molecule has 1 aromatic rings. The molecule has 0 spiro atoms. The molecule has 0 aliphatic carbocycles. The van der Waals surface area contributed by atoms with Crippen LogP contribution in [-0.4, -0.2) is 61.7 Å². The van der Waals surface area contributed by atoms with Gasteiger partial charge in [0.1, 0.15) is 0 Å². The first kappa shape index (κ1) is 18.5. The van der Waals surface area contributed by atoms with Crippen molar-refractivity contribution in [2.75, 3.05) is 39.8 Å². The van der Waals surface area contributed by atoms with Gasteiger partial charge >= 0.3 is 6.18 Å². The number of hydrogen-bond acceptors (Lipinski definition) is 3. The van der Waals surface area contributed by atoms with Gasteiger partial charge in [-0.05, 0) is 24.1 Å². The van der Waals surface area contributed by atoms with Crippen LogP contribution < -0.4 is 4.74 Å². The second-order valence-corrected chi connectivity index (χ2v) is 5.77. The SMILES string of the molecule is COc1ccc(CC(=O)N2CCCN(CC(F)(F)F)CC2)cc1F. The van der Waals surface area contributed by atoms with E-state index in [2.05, 4.69) is 0 Å². The summed E-state index contributed by atoms with van der Waals surface area (Å²) in [4.78, 5) is 15.2. The van der Waals surface area contributed by atoms with E-state index in [1.165, 1.54) is 24.1 Å². The lowest BCUT2D eigenvalue weighted by Crippen LogP contribution is -2.39. The minimum atomic E-state index is -4.24. The maximum Gasteiger partial charge on any atom is 0.401 e. The van der Waals surface area contributed by atoms with Crippen LogP contribution in [-0.2, 0) is 11.2 Å². The van der Waals surface area contributed by atoms with Crippen LogP contribution in [0.2, 0.25) is 0 Å². The number of hydrogen-bond donors (Lipinski definition) is 0. The van der Waals surface area contributed by atoms with Crippen molar-refractivity contribution in [1.29, 1.82) is 0 Å². The summed E-state index contributed by atoms with van der Waals surface area (Å²) in [5.41, 5.74) is 0.509. The van der Waals surface area contributed by atoms with E-state index in [0.29, 0.717) is 25.1 Å². The fourth-order valence-corrected chi connectivity index (χ4v) is 2.74. The van der Waals surface area contributed by atoms with Crippen LogP contribution >= 0.6 is 0 Å². The monoisotopic (exact) mass is 348 g/mol. The van der Waals surface area contributed by atoms with Crippen molar-refractivity contribution in [3.05, 3.63) is 29.6 Å². The lowest BCUT2D eigenvalue weighted by atomic mass is 10.1. The van der Waals surface area contributed by atoms with E-state index < -0.39 is 18.5 Å². The Balaban J connectivity index is 1.92. The van der Waals surface area contributed by atoms with Gasteiger partial charge in [0.15, 0.2) is 11.6 Å². The number of methoxy groups -OCH3 is 1. The molecule has 0 radical (unpaired) electrons. The Morgan fingerprint density at radius 2 is 1.96 bits per heavy atom. The van der Waals surface area contributed by atoms with Crippen molar-refractivity contribution in [3.8, 4) is 5.75 Å². The average Bonchev–Trinajstić information content (AvgIpc) is 2.71. The third kappa shape index (κ3) is 5.36. The Kier molecular flexibility index (Phi) is 6.04. The third-order valence-electron chi connectivity index (χ3n) is 3.92. The number of rotatable bonds is 4. The van der Waals surface area contributed by atoms with E-state index in [4.69, 9.17) is 4.74 Å². The summed E-state index contributed by atoms with van der Waals surface area (Å²) in [5, 5.41) is 0. The van der Waals surface area contributed by atoms with Crippen LogP contribution in [0.15, 0.2) is 18.2 Å². The quantitative estimate of drug-likeness (QED) is 0.784. The number of alkyl halides is 3. The fourth-order valence-electron chi connectivity index (χ4n) is 2.74. The van der Waals surface area contributed by atoms with Gasteiger partial charge in [0, 0.05) is 26.2 Å². The zero-order valence-electron chi connectivity index (χ0n) is 13.4. The van der Waals surface area contributed by atoms with E-state index in [0.717, 1.165) is 0 Å². The van der Waals surface area contributed by atoms with Gasteiger partial charge in [-0.2, -0.15) is 13.2 Å². The van der Waals surface area contributed by atoms with Gasteiger partial charge in [-0.25, -0.2) is 4.39 Å². The van der Waals surface area contributed by atoms with Crippen LogP contribution in [0.3, 0.4) is 0 Å². The van der Waals surface area contributed by atoms with Crippen molar-refractivity contribution in [2.24, 2.45) is 0 Å². The van der Waals surface area contributed by atoms with Crippen molar-refractivity contribution >= 4 is 5.91 Å². The largest absolute Gasteiger partial charge is 0.494 e. The second kappa shape index (κ2) is 7.83. The highest BCUT2D eigenvalue weighted by molar-refractivity contribution is 5.78. The van der Waals surface area contributed by atoms with Crippen LogP contribution in [0.5, 0.6) is 5.75 Å². The Morgan fingerprint density at radius 3 is 2.58 bits per heavy atom. The van der Waals surface area contributed by atoms with Crippen LogP contribution in [0, 0.1) is 5.82 Å². The first-order chi connectivity index (χ1) is 11.3. The van der Waals surface area contributed by atoms with Crippen molar-refractivity contribution in [3.63, 3.8) is 0 Å². The number of amides is 1. The number of halogens is 4. The van der Waals surface area contributed by atoms with E-state index in [9.17, 15) is 22.4 Å². The van der Waals surface area contributed by atoms with Gasteiger partial charge in [0.05, 0.1) is 20.1 Å². The fraction of sp³-hybridized carbons (Fsp3) is 0.562. The molecule has 0 saturated carbocycles. The molecule has 1 aliphatic heterocycles. The molecule has 1 fully saturated rings. The molecule has 1 aliphatic rings. The normalized spacial score (nSPS) is 16.8. The Labute approximate surface area is 138 Å². The van der Waals surface area contributed by atoms with Crippen molar-refractivity contribution in [2.45, 2.75) is 19.0 Å². The van der Waals surface area contributed by atoms with Gasteiger partial charge in [-0.15, -0.1) is 0 Å². The standard InChI is InChI=1S/C16H20F4N2O2/c1-24-14-4-3-12(9-13(14)17)10-15(23)22-6-2-5-21(7-8-22)11-16(18,19)20/h3-4,9H,2,5-8,10-11H2,1H3. The summed E-state index contributed by atoms with van der Waals surface area (Å²) in [6.45, 7) is 0.181. The molecule has 0 bridgehead atoms. The molecular weight excluding hydrogens is 328 g/mol. The first-order valence-electron chi connectivity index (χ1n) is 7.68. The smallest absolute Gasteiger partial charge is 0.401 e. The number of benzene rings is 1. The van der Waals surface area contributed by atoms with Gasteiger partial charge in [-0.3, -0.25) is 9.69 Å². The highest BCUT2D eigenvalue weighted by Crippen LogP contribution is 2.20. The van der Waals surface area contributed by atoms with Crippen LogP contribution in [0.4, 0.5) is 17.6 Å². The summed E-state index contributed by atoms with van der Waals surface area (Å²) >= 11 is 0. The van der Waals surface area contributed by atoms with Crippen LogP contribution in [0.1, 0.15) is 12.0 Å². The van der Waals surface area contributed by atoms with E-state index >= 15 is 0 Å². The topological polar surface area (TPSA) is 32.8 Å². The number of carbonyl (C=O) groups is 1. The average molecular weight is 348 g/mol. The highest BCUT2D eigenvalue weighted by Gasteiger charge is 2.31. The molecule has 0 aromatic heterocycles. The summed E-state index contributed by atoms with van der Waals surface area (Å²) < 4.78 is 55.8. The molecular formula is C16H20F4N2O2. The first-order valence-corrected chi connectivity index (χ1v) is 7.68. The summed E-state index contributed by atoms with van der Waals surface area (Å²) in [5.74, 6) is -0.660. The number of ether oxygens (including phenoxy) is 1. The molecule has 1 heterocycles. The molecule has 1 amide bonds. The maximum atomic E-state index is 13.7. The van der Waals surface area contributed by atoms with Crippen molar-refractivity contribution < 1.29 is 27.1 Å². The van der Waals surface area contributed by atoms with Crippen molar-refractivity contribution in [1.82, 2.24) is 9.80 Å². The molecule has 4 nitrogen and oxygen atoms in total. The zero-order chi connectivity index (χ0) is 17.7. The molecule has 0 unspecified atom stereocenters. The molecule has 1 aromatic carbocycles. The zero-order valence-corrected chi connectivity index (χ0v) is 13.4. The third-order valence-corrected chi connectivity index (χ3v) is 3.92. The summed E-state index contributed by atoms with van der Waals surface area (Å²) in [6.07, 6.45) is -3.74. The second-order valence-electron chi connectivity index (χ2n) is 5.77. The van der Waals surface area contributed by atoms with Crippen LogP contribution in [0.25, 0.3) is 0 Å². The predicted molar refractivity (Wildman–Crippen MR) is 80.3 cm³/mol. The molecule has 8 heteroatoms. The van der Waals surface area contributed by atoms with Gasteiger partial charge in [-0.1, -0.05) is 6.07 Å². The molecule has 0 atom stereocenters. The molecule has 24 heavy (non-hydrogen) atoms. The predicted octanol–water partition coefficient (Wildman–Crippen LogP) is 2.47. The Morgan fingerprint density at radius 1 is 1.21 bits per heavy atom. The van der Waals surface area contributed by atoms with Gasteiger partial charge < -0.3 is 9.64 Å². The van der Waals surface area contributed by atoms with Gasteiger partial charge in [0.2, 0.25) is 5.91 Å². The maximum absolute atomic E-state index is 13.7. The number of carbonyl (C=O) groups excluding carboxylic acids is 1. The molecule has 134 valence electrons. The summed E-state index contributed by atoms with van der Waals surface area (Å²) in [6, 6.07) is 4.30.